The molecule has 98 valence electrons. The number of urea groups is 1. The van der Waals surface area contributed by atoms with Crippen molar-refractivity contribution in [2.45, 2.75) is 31.8 Å². The van der Waals surface area contributed by atoms with E-state index in [0.29, 0.717) is 12.4 Å². The molecule has 2 rings (SSSR count). The third kappa shape index (κ3) is 2.96. The van der Waals surface area contributed by atoms with E-state index in [1.165, 1.54) is 6.39 Å². The summed E-state index contributed by atoms with van der Waals surface area (Å²) in [7, 11) is 0. The zero-order valence-corrected chi connectivity index (χ0v) is 9.70. The number of carbonyl (C=O) groups excluding carboxylic acids is 1. The summed E-state index contributed by atoms with van der Waals surface area (Å²) in [5.41, 5.74) is 0. The number of aromatic nitrogens is 2. The Bertz CT molecular complexity index is 420. The van der Waals surface area contributed by atoms with Crippen LogP contribution in [0.3, 0.4) is 0 Å². The van der Waals surface area contributed by atoms with Gasteiger partial charge in [0.1, 0.15) is 0 Å². The van der Waals surface area contributed by atoms with Crippen LogP contribution in [0.5, 0.6) is 0 Å². The molecule has 1 fully saturated rings. The fourth-order valence-electron chi connectivity index (χ4n) is 2.04. The summed E-state index contributed by atoms with van der Waals surface area (Å²) in [6.07, 6.45) is 2.72. The van der Waals surface area contributed by atoms with Crippen LogP contribution in [0.1, 0.15) is 25.1 Å². The van der Waals surface area contributed by atoms with E-state index in [4.69, 9.17) is 5.11 Å². The van der Waals surface area contributed by atoms with Gasteiger partial charge in [0.05, 0.1) is 13.0 Å². The lowest BCUT2D eigenvalue weighted by molar-refractivity contribution is -0.137. The van der Waals surface area contributed by atoms with Crippen LogP contribution in [0.15, 0.2) is 10.9 Å². The fourth-order valence-corrected chi connectivity index (χ4v) is 2.04. The van der Waals surface area contributed by atoms with Gasteiger partial charge in [-0.3, -0.25) is 4.79 Å². The minimum atomic E-state index is -0.891. The highest BCUT2D eigenvalue weighted by molar-refractivity contribution is 5.76. The molecule has 1 aliphatic heterocycles. The molecule has 2 N–H and O–H groups in total. The second-order valence-electron chi connectivity index (χ2n) is 4.09. The first-order valence-electron chi connectivity index (χ1n) is 5.68. The standard InChI is InChI=1S/C10H14N4O4/c15-9(16)4-7-2-1-3-14(7)10(17)11-5-8-12-6-18-13-8/h6-7H,1-5H2,(H,11,17)(H,15,16). The maximum Gasteiger partial charge on any atom is 0.318 e. The molecule has 1 unspecified atom stereocenters. The number of nitrogens with zero attached hydrogens (tertiary/aromatic N) is 3. The van der Waals surface area contributed by atoms with Gasteiger partial charge in [0.15, 0.2) is 5.82 Å². The van der Waals surface area contributed by atoms with Crippen molar-refractivity contribution in [3.05, 3.63) is 12.2 Å². The van der Waals surface area contributed by atoms with Crippen LogP contribution in [0.25, 0.3) is 0 Å². The smallest absolute Gasteiger partial charge is 0.318 e. The van der Waals surface area contributed by atoms with Crippen LogP contribution in [-0.4, -0.2) is 44.7 Å². The number of carboxylic acids is 1. The average Bonchev–Trinajstić information content (AvgIpc) is 2.95. The third-order valence-electron chi connectivity index (χ3n) is 2.85. The van der Waals surface area contributed by atoms with Gasteiger partial charge in [0, 0.05) is 12.6 Å². The summed E-state index contributed by atoms with van der Waals surface area (Å²) >= 11 is 0. The minimum Gasteiger partial charge on any atom is -0.481 e. The van der Waals surface area contributed by atoms with E-state index in [9.17, 15) is 9.59 Å². The second-order valence-corrected chi connectivity index (χ2v) is 4.09. The van der Waals surface area contributed by atoms with Gasteiger partial charge in [-0.15, -0.1) is 0 Å². The van der Waals surface area contributed by atoms with E-state index < -0.39 is 5.97 Å². The number of nitrogens with one attached hydrogen (secondary N) is 1. The number of likely N-dealkylation sites (tertiary alicyclic amines) is 1. The number of hydrogen-bond acceptors (Lipinski definition) is 5. The van der Waals surface area contributed by atoms with Gasteiger partial charge in [-0.2, -0.15) is 4.98 Å². The number of aliphatic carboxylic acids is 1. The van der Waals surface area contributed by atoms with Crippen molar-refractivity contribution in [3.8, 4) is 0 Å². The van der Waals surface area contributed by atoms with Crippen LogP contribution in [0.2, 0.25) is 0 Å². The quantitative estimate of drug-likeness (QED) is 0.795. The molecular formula is C10H14N4O4. The topological polar surface area (TPSA) is 109 Å². The Morgan fingerprint density at radius 3 is 3.11 bits per heavy atom. The van der Waals surface area contributed by atoms with Gasteiger partial charge >= 0.3 is 12.0 Å². The first-order chi connectivity index (χ1) is 8.66. The molecule has 1 aromatic heterocycles. The maximum absolute atomic E-state index is 11.9. The number of amides is 2. The Morgan fingerprint density at radius 1 is 1.61 bits per heavy atom. The lowest BCUT2D eigenvalue weighted by atomic mass is 10.1. The predicted molar refractivity (Wildman–Crippen MR) is 58.5 cm³/mol. The summed E-state index contributed by atoms with van der Waals surface area (Å²) in [5.74, 6) is -0.504. The van der Waals surface area contributed by atoms with Crippen LogP contribution in [0.4, 0.5) is 4.79 Å². The minimum absolute atomic E-state index is 0.0182. The molecule has 18 heavy (non-hydrogen) atoms. The number of carboxylic acid groups (broad SMARTS) is 1. The van der Waals surface area contributed by atoms with Gasteiger partial charge in [-0.1, -0.05) is 5.16 Å². The molecule has 8 heteroatoms. The molecule has 0 aromatic carbocycles. The second kappa shape index (κ2) is 5.48. The van der Waals surface area contributed by atoms with Crippen LogP contribution < -0.4 is 5.32 Å². The molecule has 0 saturated carbocycles. The molecule has 2 amide bonds. The van der Waals surface area contributed by atoms with Crippen molar-refractivity contribution < 1.29 is 19.2 Å². The number of hydrogen-bond donors (Lipinski definition) is 2. The van der Waals surface area contributed by atoms with Crippen molar-refractivity contribution in [2.24, 2.45) is 0 Å². The van der Waals surface area contributed by atoms with Crippen molar-refractivity contribution >= 4 is 12.0 Å². The molecular weight excluding hydrogens is 240 g/mol. The lowest BCUT2D eigenvalue weighted by Gasteiger charge is -2.23. The van der Waals surface area contributed by atoms with E-state index in [2.05, 4.69) is 20.0 Å². The lowest BCUT2D eigenvalue weighted by Crippen LogP contribution is -2.43. The average molecular weight is 254 g/mol. The molecule has 1 aliphatic rings. The van der Waals surface area contributed by atoms with E-state index >= 15 is 0 Å². The SMILES string of the molecule is O=C(O)CC1CCCN1C(=O)NCc1ncon1. The predicted octanol–water partition coefficient (Wildman–Crippen LogP) is 0.218. The van der Waals surface area contributed by atoms with Gasteiger partial charge in [-0.25, -0.2) is 4.79 Å². The Morgan fingerprint density at radius 2 is 2.44 bits per heavy atom. The first kappa shape index (κ1) is 12.3. The van der Waals surface area contributed by atoms with E-state index in [1.807, 2.05) is 0 Å². The zero-order valence-electron chi connectivity index (χ0n) is 9.70. The van der Waals surface area contributed by atoms with Crippen molar-refractivity contribution in [1.29, 1.82) is 0 Å². The molecule has 0 aliphatic carbocycles. The van der Waals surface area contributed by atoms with E-state index in [1.54, 1.807) is 4.90 Å². The van der Waals surface area contributed by atoms with Gasteiger partial charge < -0.3 is 19.8 Å². The molecule has 8 nitrogen and oxygen atoms in total. The molecule has 2 heterocycles. The normalized spacial score (nSPS) is 18.9. The highest BCUT2D eigenvalue weighted by Crippen LogP contribution is 2.19. The summed E-state index contributed by atoms with van der Waals surface area (Å²) in [5, 5.41) is 15.0. The largest absolute Gasteiger partial charge is 0.481 e. The van der Waals surface area contributed by atoms with Crippen molar-refractivity contribution in [2.75, 3.05) is 6.54 Å². The van der Waals surface area contributed by atoms with E-state index in [0.717, 1.165) is 12.8 Å². The Labute approximate surface area is 103 Å². The summed E-state index contributed by atoms with van der Waals surface area (Å²) < 4.78 is 4.54. The number of carbonyl (C=O) groups is 2. The van der Waals surface area contributed by atoms with Gasteiger partial charge in [0.2, 0.25) is 6.39 Å². The number of rotatable bonds is 4. The molecule has 0 spiro atoms. The monoisotopic (exact) mass is 254 g/mol. The third-order valence-corrected chi connectivity index (χ3v) is 2.85. The fraction of sp³-hybridized carbons (Fsp3) is 0.600. The van der Waals surface area contributed by atoms with Gasteiger partial charge in [-0.05, 0) is 12.8 Å². The van der Waals surface area contributed by atoms with Crippen molar-refractivity contribution in [3.63, 3.8) is 0 Å². The molecule has 0 radical (unpaired) electrons. The van der Waals surface area contributed by atoms with Crippen molar-refractivity contribution in [1.82, 2.24) is 20.4 Å². The van der Waals surface area contributed by atoms with Crippen LogP contribution in [0, 0.1) is 0 Å². The Kier molecular flexibility index (Phi) is 3.75. The Balaban J connectivity index is 1.85. The van der Waals surface area contributed by atoms with E-state index in [-0.39, 0.29) is 25.0 Å². The molecule has 0 bridgehead atoms. The van der Waals surface area contributed by atoms with Crippen LogP contribution >= 0.6 is 0 Å². The summed E-state index contributed by atoms with van der Waals surface area (Å²) in [4.78, 5) is 27.9. The Hall–Kier alpha value is -2.12. The van der Waals surface area contributed by atoms with Gasteiger partial charge in [0.25, 0.3) is 0 Å². The highest BCUT2D eigenvalue weighted by atomic mass is 16.5. The molecule has 1 aromatic rings. The summed E-state index contributed by atoms with van der Waals surface area (Å²) in [6, 6.07) is -0.517. The maximum atomic E-state index is 11.9. The van der Waals surface area contributed by atoms with Crippen LogP contribution in [-0.2, 0) is 11.3 Å². The zero-order chi connectivity index (χ0) is 13.0. The summed E-state index contributed by atoms with van der Waals surface area (Å²) in [6.45, 7) is 0.752. The first-order valence-corrected chi connectivity index (χ1v) is 5.68. The highest BCUT2D eigenvalue weighted by Gasteiger charge is 2.30. The molecule has 1 atom stereocenters. The molecule has 1 saturated heterocycles.